The van der Waals surface area contributed by atoms with Crippen LogP contribution < -0.4 is 0 Å². The monoisotopic (exact) mass is 438 g/mol. The Bertz CT molecular complexity index is 929. The number of rotatable bonds is 2. The van der Waals surface area contributed by atoms with Crippen molar-refractivity contribution in [3.8, 4) is 0 Å². The highest BCUT2D eigenvalue weighted by atomic mass is 19.1. The van der Waals surface area contributed by atoms with Gasteiger partial charge in [-0.1, -0.05) is 19.9 Å². The fraction of sp³-hybridized carbons (Fsp3) is 0.696. The summed E-state index contributed by atoms with van der Waals surface area (Å²) in [6, 6.07) is 0. The number of ketones is 1. The number of fused-ring (bicyclic) bond motifs is 5. The van der Waals surface area contributed by atoms with Crippen molar-refractivity contribution in [2.24, 2.45) is 28.6 Å². The standard InChI is InChI=1S/C23H28F2O6/c1-11-7-14-15-9-17(24)16-8-13(27)5-6-20(16,3)22(15,25)18(28)10-21(14,4)23(11,19(29)30)31-12(2)26/h5-6,8,11,14-15,17-18,28H,7,9-10H2,1-4H3,(H,29,30). The van der Waals surface area contributed by atoms with Gasteiger partial charge in [0.15, 0.2) is 11.5 Å². The van der Waals surface area contributed by atoms with Crippen LogP contribution in [0.15, 0.2) is 23.8 Å². The van der Waals surface area contributed by atoms with Crippen molar-refractivity contribution in [1.82, 2.24) is 0 Å². The van der Waals surface area contributed by atoms with Crippen molar-refractivity contribution in [2.45, 2.75) is 70.5 Å². The predicted octanol–water partition coefficient (Wildman–Crippen LogP) is 2.94. The maximum Gasteiger partial charge on any atom is 0.349 e. The fourth-order valence-corrected chi connectivity index (χ4v) is 7.47. The summed E-state index contributed by atoms with van der Waals surface area (Å²) in [7, 11) is 0. The van der Waals surface area contributed by atoms with Gasteiger partial charge < -0.3 is 14.9 Å². The summed E-state index contributed by atoms with van der Waals surface area (Å²) in [6.45, 7) is 5.84. The summed E-state index contributed by atoms with van der Waals surface area (Å²) < 4.78 is 37.8. The van der Waals surface area contributed by atoms with E-state index in [1.807, 2.05) is 0 Å². The maximum absolute atomic E-state index is 17.0. The molecule has 31 heavy (non-hydrogen) atoms. The third kappa shape index (κ3) is 2.42. The van der Waals surface area contributed by atoms with Crippen LogP contribution >= 0.6 is 0 Å². The number of carboxylic acid groups (broad SMARTS) is 1. The van der Waals surface area contributed by atoms with Crippen LogP contribution in [-0.2, 0) is 19.1 Å². The summed E-state index contributed by atoms with van der Waals surface area (Å²) in [5.41, 5.74) is -7.07. The number of aliphatic hydroxyl groups excluding tert-OH is 1. The van der Waals surface area contributed by atoms with E-state index >= 15 is 8.78 Å². The van der Waals surface area contributed by atoms with Gasteiger partial charge in [-0.05, 0) is 49.8 Å². The first-order valence-electron chi connectivity index (χ1n) is 10.6. The molecular formula is C23H28F2O6. The second-order valence-electron chi connectivity index (χ2n) is 10.1. The smallest absolute Gasteiger partial charge is 0.349 e. The van der Waals surface area contributed by atoms with Gasteiger partial charge in [0.25, 0.3) is 0 Å². The zero-order valence-corrected chi connectivity index (χ0v) is 18.0. The van der Waals surface area contributed by atoms with E-state index in [1.54, 1.807) is 13.8 Å². The molecule has 170 valence electrons. The molecule has 0 heterocycles. The van der Waals surface area contributed by atoms with Crippen LogP contribution in [-0.4, -0.2) is 51.5 Å². The number of carbonyl (C=O) groups is 3. The molecule has 6 nitrogen and oxygen atoms in total. The topological polar surface area (TPSA) is 101 Å². The fourth-order valence-electron chi connectivity index (χ4n) is 7.47. The molecule has 3 fully saturated rings. The molecule has 0 spiro atoms. The molecule has 0 aromatic carbocycles. The van der Waals surface area contributed by atoms with E-state index in [4.69, 9.17) is 4.74 Å². The average Bonchev–Trinajstić information content (AvgIpc) is 2.87. The lowest BCUT2D eigenvalue weighted by atomic mass is 9.44. The Balaban J connectivity index is 1.89. The van der Waals surface area contributed by atoms with Crippen LogP contribution in [0.3, 0.4) is 0 Å². The van der Waals surface area contributed by atoms with Gasteiger partial charge >= 0.3 is 11.9 Å². The molecule has 3 saturated carbocycles. The Morgan fingerprint density at radius 2 is 1.87 bits per heavy atom. The van der Waals surface area contributed by atoms with Crippen molar-refractivity contribution in [3.05, 3.63) is 23.8 Å². The van der Waals surface area contributed by atoms with E-state index in [2.05, 4.69) is 0 Å². The van der Waals surface area contributed by atoms with Gasteiger partial charge in [0, 0.05) is 29.6 Å². The summed E-state index contributed by atoms with van der Waals surface area (Å²) in [5, 5.41) is 21.4. The Morgan fingerprint density at radius 1 is 1.23 bits per heavy atom. The number of carbonyl (C=O) groups excluding carboxylic acids is 2. The third-order valence-electron chi connectivity index (χ3n) is 8.79. The molecule has 0 aliphatic heterocycles. The second kappa shape index (κ2) is 6.47. The van der Waals surface area contributed by atoms with E-state index in [1.165, 1.54) is 19.1 Å². The van der Waals surface area contributed by atoms with Crippen LogP contribution in [0.1, 0.15) is 47.0 Å². The summed E-state index contributed by atoms with van der Waals surface area (Å²) in [6.07, 6.45) is 0.0600. The number of aliphatic carboxylic acids is 1. The first kappa shape index (κ1) is 22.1. The molecule has 0 amide bonds. The van der Waals surface area contributed by atoms with Crippen molar-refractivity contribution >= 4 is 17.7 Å². The minimum atomic E-state index is -2.30. The second-order valence-corrected chi connectivity index (χ2v) is 10.1. The number of alkyl halides is 2. The Hall–Kier alpha value is -2.09. The molecule has 9 atom stereocenters. The summed E-state index contributed by atoms with van der Waals surface area (Å²) in [5.74, 6) is -4.88. The molecular weight excluding hydrogens is 410 g/mol. The molecule has 4 aliphatic carbocycles. The van der Waals surface area contributed by atoms with Crippen molar-refractivity contribution in [3.63, 3.8) is 0 Å². The van der Waals surface area contributed by atoms with Gasteiger partial charge in [-0.25, -0.2) is 13.6 Å². The number of carboxylic acids is 1. The van der Waals surface area contributed by atoms with Crippen LogP contribution in [0, 0.1) is 28.6 Å². The van der Waals surface area contributed by atoms with Gasteiger partial charge in [-0.15, -0.1) is 0 Å². The maximum atomic E-state index is 17.0. The van der Waals surface area contributed by atoms with Crippen molar-refractivity contribution in [2.75, 3.05) is 0 Å². The number of ether oxygens (including phenoxy) is 1. The minimum absolute atomic E-state index is 0.0110. The largest absolute Gasteiger partial charge is 0.478 e. The predicted molar refractivity (Wildman–Crippen MR) is 105 cm³/mol. The molecule has 4 aliphatic rings. The lowest BCUT2D eigenvalue weighted by Gasteiger charge is -2.62. The first-order valence-corrected chi connectivity index (χ1v) is 10.6. The highest BCUT2D eigenvalue weighted by Crippen LogP contribution is 2.71. The van der Waals surface area contributed by atoms with Crippen LogP contribution in [0.4, 0.5) is 8.78 Å². The van der Waals surface area contributed by atoms with E-state index in [0.29, 0.717) is 0 Å². The molecule has 8 heteroatoms. The average molecular weight is 438 g/mol. The number of halogens is 2. The SMILES string of the molecule is CC(=O)OC1(C(=O)O)C(C)CC2C3CC(F)C4=CC(=O)C=CC4(C)C3(F)C(O)CC21C. The molecule has 0 radical (unpaired) electrons. The summed E-state index contributed by atoms with van der Waals surface area (Å²) in [4.78, 5) is 36.2. The number of esters is 1. The minimum Gasteiger partial charge on any atom is -0.478 e. The van der Waals surface area contributed by atoms with Crippen LogP contribution in [0.5, 0.6) is 0 Å². The van der Waals surface area contributed by atoms with Gasteiger partial charge in [0.2, 0.25) is 5.60 Å². The van der Waals surface area contributed by atoms with Gasteiger partial charge in [0.1, 0.15) is 6.17 Å². The molecule has 0 saturated heterocycles. The lowest BCUT2D eigenvalue weighted by Crippen LogP contribution is -2.70. The van der Waals surface area contributed by atoms with Crippen molar-refractivity contribution < 1.29 is 38.1 Å². The van der Waals surface area contributed by atoms with Crippen LogP contribution in [0.25, 0.3) is 0 Å². The lowest BCUT2D eigenvalue weighted by molar-refractivity contribution is -0.236. The zero-order valence-electron chi connectivity index (χ0n) is 18.0. The first-order chi connectivity index (χ1) is 14.3. The molecule has 0 aromatic rings. The quantitative estimate of drug-likeness (QED) is 0.643. The normalized spacial score (nSPS) is 50.7. The van der Waals surface area contributed by atoms with E-state index in [9.17, 15) is 24.6 Å². The van der Waals surface area contributed by atoms with Gasteiger partial charge in [-0.2, -0.15) is 0 Å². The molecule has 9 unspecified atom stereocenters. The number of hydrogen-bond donors (Lipinski definition) is 2. The van der Waals surface area contributed by atoms with Crippen molar-refractivity contribution in [1.29, 1.82) is 0 Å². The Morgan fingerprint density at radius 3 is 2.45 bits per heavy atom. The van der Waals surface area contributed by atoms with Gasteiger partial charge in [-0.3, -0.25) is 9.59 Å². The van der Waals surface area contributed by atoms with E-state index in [-0.39, 0.29) is 24.8 Å². The number of aliphatic hydroxyl groups is 1. The Labute approximate surface area is 179 Å². The Kier molecular flexibility index (Phi) is 4.61. The molecule has 0 bridgehead atoms. The summed E-state index contributed by atoms with van der Waals surface area (Å²) >= 11 is 0. The molecule has 0 aromatic heterocycles. The highest BCUT2D eigenvalue weighted by molar-refractivity contribution is 6.01. The van der Waals surface area contributed by atoms with E-state index < -0.39 is 69.9 Å². The third-order valence-corrected chi connectivity index (χ3v) is 8.79. The van der Waals surface area contributed by atoms with Gasteiger partial charge in [0.05, 0.1) is 6.10 Å². The highest BCUT2D eigenvalue weighted by Gasteiger charge is 2.78. The number of hydrogen-bond acceptors (Lipinski definition) is 5. The molecule has 4 rings (SSSR count). The van der Waals surface area contributed by atoms with E-state index in [0.717, 1.165) is 13.0 Å². The zero-order chi connectivity index (χ0) is 23.1. The number of allylic oxidation sites excluding steroid dienone is 4. The molecule has 2 N–H and O–H groups in total. The van der Waals surface area contributed by atoms with Crippen LogP contribution in [0.2, 0.25) is 0 Å².